The minimum Gasteiger partial charge on any atom is -0.383 e. The third-order valence-corrected chi connectivity index (χ3v) is 8.58. The highest BCUT2D eigenvalue weighted by Crippen LogP contribution is 2.43. The summed E-state index contributed by atoms with van der Waals surface area (Å²) >= 11 is 0. The van der Waals surface area contributed by atoms with Crippen molar-refractivity contribution in [2.45, 2.75) is 19.4 Å². The molecule has 1 atom stereocenters. The number of alkyl halides is 3. The number of nitrogens with one attached hydrogen (secondary N) is 1. The molecule has 3 N–H and O–H groups in total. The number of carbonyl (C=O) groups excluding carboxylic acids is 1. The minimum atomic E-state index is -5.21. The van der Waals surface area contributed by atoms with Gasteiger partial charge in [-0.1, -0.05) is 31.7 Å². The summed E-state index contributed by atoms with van der Waals surface area (Å²) in [6, 6.07) is 10.2. The van der Waals surface area contributed by atoms with E-state index in [4.69, 9.17) is 5.73 Å². The number of benzene rings is 2. The number of halogens is 4. The first-order valence-electron chi connectivity index (χ1n) is 12.2. The molecule has 0 saturated heterocycles. The Labute approximate surface area is 234 Å². The minimum absolute atomic E-state index is 0.107. The molecule has 14 heteroatoms. The Morgan fingerprint density at radius 1 is 1.17 bits per heavy atom. The van der Waals surface area contributed by atoms with Crippen molar-refractivity contribution in [3.8, 4) is 22.4 Å². The number of hydrogen-bond acceptors (Lipinski definition) is 6. The zero-order chi connectivity index (χ0) is 30.3. The number of amides is 1. The number of nitrogen functional groups attached to an aromatic ring is 1. The molecule has 41 heavy (non-hydrogen) atoms. The quantitative estimate of drug-likeness (QED) is 0.202. The molecule has 0 aliphatic heterocycles. The molecule has 0 aliphatic rings. The fraction of sp³-hybridized carbons (Fsp3) is 0.222. The molecule has 4 rings (SSSR count). The summed E-state index contributed by atoms with van der Waals surface area (Å²) in [5, 5.41) is 3.12. The molecule has 0 bridgehead atoms. The van der Waals surface area contributed by atoms with E-state index in [2.05, 4.69) is 26.2 Å². The van der Waals surface area contributed by atoms with E-state index in [0.29, 0.717) is 43.4 Å². The molecular formula is C27H27F4N7O2S. The normalized spacial score (nSPS) is 13.3. The Morgan fingerprint density at radius 3 is 2.37 bits per heavy atom. The van der Waals surface area contributed by atoms with Gasteiger partial charge in [0.05, 0.1) is 11.1 Å². The highest BCUT2D eigenvalue weighted by molar-refractivity contribution is 7.92. The van der Waals surface area contributed by atoms with Gasteiger partial charge in [-0.05, 0) is 42.3 Å². The maximum absolute atomic E-state index is 15.4. The lowest BCUT2D eigenvalue weighted by molar-refractivity contribution is -0.112. The molecule has 2 heterocycles. The number of fused-ring (bicyclic) bond motifs is 1. The van der Waals surface area contributed by atoms with Gasteiger partial charge in [0.2, 0.25) is 9.92 Å². The van der Waals surface area contributed by atoms with Crippen molar-refractivity contribution >= 4 is 44.0 Å². The first kappa shape index (κ1) is 29.7. The Bertz CT molecular complexity index is 1790. The number of rotatable bonds is 7. The first-order chi connectivity index (χ1) is 19.2. The molecule has 9 nitrogen and oxygen atoms in total. The lowest BCUT2D eigenvalue weighted by Crippen LogP contribution is -2.37. The fourth-order valence-electron chi connectivity index (χ4n) is 4.19. The fourth-order valence-corrected chi connectivity index (χ4v) is 5.55. The van der Waals surface area contributed by atoms with Gasteiger partial charge in [0, 0.05) is 37.5 Å². The highest BCUT2D eigenvalue weighted by Gasteiger charge is 2.46. The van der Waals surface area contributed by atoms with Gasteiger partial charge < -0.3 is 15.6 Å². The van der Waals surface area contributed by atoms with Gasteiger partial charge in [-0.2, -0.15) is 17.5 Å². The number of nitrogens with two attached hydrogens (primary N) is 1. The van der Waals surface area contributed by atoms with Gasteiger partial charge in [-0.15, -0.1) is 0 Å². The SMILES string of the molecule is C=C(C)C(=O)Nc1ccc(-c2c(-c3ccc(N=S(=O)(N(C)CC)C(F)(F)F)c(F)c3)c3c(N)ncnc3n2C)cc1. The van der Waals surface area contributed by atoms with Crippen LogP contribution >= 0.6 is 0 Å². The number of aryl methyl sites for hydroxylation is 1. The summed E-state index contributed by atoms with van der Waals surface area (Å²) in [5.41, 5.74) is 3.45. The van der Waals surface area contributed by atoms with Crippen LogP contribution in [-0.4, -0.2) is 48.1 Å². The predicted octanol–water partition coefficient (Wildman–Crippen LogP) is 6.02. The second kappa shape index (κ2) is 10.9. The van der Waals surface area contributed by atoms with E-state index in [-0.39, 0.29) is 23.8 Å². The molecule has 0 fully saturated rings. The molecular weight excluding hydrogens is 562 g/mol. The van der Waals surface area contributed by atoms with E-state index in [1.807, 2.05) is 0 Å². The Balaban J connectivity index is 1.91. The van der Waals surface area contributed by atoms with Crippen LogP contribution in [0.2, 0.25) is 0 Å². The van der Waals surface area contributed by atoms with Gasteiger partial charge >= 0.3 is 5.51 Å². The van der Waals surface area contributed by atoms with Crippen LogP contribution in [0.5, 0.6) is 0 Å². The molecule has 0 spiro atoms. The highest BCUT2D eigenvalue weighted by atomic mass is 32.2. The lowest BCUT2D eigenvalue weighted by atomic mass is 9.98. The third-order valence-electron chi connectivity index (χ3n) is 6.43. The Morgan fingerprint density at radius 2 is 1.80 bits per heavy atom. The van der Waals surface area contributed by atoms with Crippen molar-refractivity contribution < 1.29 is 26.6 Å². The molecule has 0 saturated carbocycles. The van der Waals surface area contributed by atoms with E-state index >= 15 is 4.39 Å². The van der Waals surface area contributed by atoms with Crippen molar-refractivity contribution in [3.05, 3.63) is 66.8 Å². The third kappa shape index (κ3) is 5.39. The number of carbonyl (C=O) groups is 1. The summed E-state index contributed by atoms with van der Waals surface area (Å²) in [4.78, 5) is 20.4. The summed E-state index contributed by atoms with van der Waals surface area (Å²) in [6.45, 7) is 6.35. The lowest BCUT2D eigenvalue weighted by Gasteiger charge is -2.22. The zero-order valence-electron chi connectivity index (χ0n) is 22.6. The van der Waals surface area contributed by atoms with Crippen molar-refractivity contribution in [1.29, 1.82) is 0 Å². The van der Waals surface area contributed by atoms with Crippen molar-refractivity contribution in [2.24, 2.45) is 11.4 Å². The number of nitrogens with zero attached hydrogens (tertiary/aromatic N) is 5. The van der Waals surface area contributed by atoms with Gasteiger partial charge in [0.25, 0.3) is 5.91 Å². The van der Waals surface area contributed by atoms with Crippen LogP contribution < -0.4 is 11.1 Å². The van der Waals surface area contributed by atoms with Gasteiger partial charge in [-0.25, -0.2) is 22.9 Å². The van der Waals surface area contributed by atoms with Crippen LogP contribution in [0.15, 0.2) is 65.3 Å². The molecule has 2 aromatic carbocycles. The molecule has 1 unspecified atom stereocenters. The smallest absolute Gasteiger partial charge is 0.383 e. The van der Waals surface area contributed by atoms with Crippen LogP contribution in [0, 0.1) is 5.82 Å². The Hall–Kier alpha value is -4.30. The Kier molecular flexibility index (Phi) is 7.91. The van der Waals surface area contributed by atoms with E-state index in [1.54, 1.807) is 42.8 Å². The summed E-state index contributed by atoms with van der Waals surface area (Å²) in [5.74, 6) is -1.34. The summed E-state index contributed by atoms with van der Waals surface area (Å²) in [7, 11) is -2.22. The van der Waals surface area contributed by atoms with Crippen LogP contribution in [0.25, 0.3) is 33.4 Å². The molecule has 0 aliphatic carbocycles. The standard InChI is InChI=1S/C27H27F4N7O2S/c1-6-37(4)41(40,27(29,30)31)36-20-12-9-17(13-19(20)28)21-22-24(32)33-14-34-25(22)38(5)23(21)16-7-10-18(11-8-16)35-26(39)15(2)3/h7-14H,2,6H2,1,3-5H3,(H,35,39)(H2,32,33,34). The van der Waals surface area contributed by atoms with E-state index in [9.17, 15) is 22.2 Å². The van der Waals surface area contributed by atoms with E-state index in [0.717, 1.165) is 19.2 Å². The summed E-state index contributed by atoms with van der Waals surface area (Å²) < 4.78 is 74.9. The molecule has 1 amide bonds. The average molecular weight is 590 g/mol. The summed E-state index contributed by atoms with van der Waals surface area (Å²) in [6.07, 6.45) is 1.28. The predicted molar refractivity (Wildman–Crippen MR) is 152 cm³/mol. The van der Waals surface area contributed by atoms with Crippen LogP contribution in [-0.2, 0) is 21.8 Å². The second-order valence-corrected chi connectivity index (χ2v) is 11.5. The van der Waals surface area contributed by atoms with E-state index < -0.39 is 26.9 Å². The number of aromatic nitrogens is 3. The average Bonchev–Trinajstić information content (AvgIpc) is 3.22. The molecule has 2 aromatic heterocycles. The van der Waals surface area contributed by atoms with Crippen molar-refractivity contribution in [3.63, 3.8) is 0 Å². The van der Waals surface area contributed by atoms with Crippen molar-refractivity contribution in [2.75, 3.05) is 24.6 Å². The van der Waals surface area contributed by atoms with Crippen LogP contribution in [0.1, 0.15) is 13.8 Å². The van der Waals surface area contributed by atoms with Gasteiger partial charge in [-0.3, -0.25) is 4.79 Å². The largest absolute Gasteiger partial charge is 0.493 e. The maximum atomic E-state index is 15.4. The van der Waals surface area contributed by atoms with Gasteiger partial charge in [0.1, 0.15) is 29.3 Å². The first-order valence-corrected chi connectivity index (χ1v) is 13.7. The second-order valence-electron chi connectivity index (χ2n) is 9.20. The van der Waals surface area contributed by atoms with Crippen LogP contribution in [0.3, 0.4) is 0 Å². The number of anilines is 2. The van der Waals surface area contributed by atoms with Crippen LogP contribution in [0.4, 0.5) is 34.8 Å². The van der Waals surface area contributed by atoms with Gasteiger partial charge in [0.15, 0.2) is 0 Å². The number of hydrogen-bond donors (Lipinski definition) is 2. The zero-order valence-corrected chi connectivity index (χ0v) is 23.4. The monoisotopic (exact) mass is 589 g/mol. The molecule has 216 valence electrons. The molecule has 4 aromatic rings. The van der Waals surface area contributed by atoms with E-state index in [1.165, 1.54) is 19.3 Å². The topological polar surface area (TPSA) is 118 Å². The molecule has 0 radical (unpaired) electrons. The maximum Gasteiger partial charge on any atom is 0.493 e. The van der Waals surface area contributed by atoms with Crippen molar-refractivity contribution in [1.82, 2.24) is 18.8 Å².